The van der Waals surface area contributed by atoms with Crippen molar-refractivity contribution in [2.75, 3.05) is 6.61 Å². The van der Waals surface area contributed by atoms with Gasteiger partial charge in [0.1, 0.15) is 5.78 Å². The maximum atomic E-state index is 10.9. The van der Waals surface area contributed by atoms with E-state index in [9.17, 15) is 4.79 Å². The van der Waals surface area contributed by atoms with Crippen molar-refractivity contribution in [1.82, 2.24) is 0 Å². The Kier molecular flexibility index (Phi) is 2.87. The summed E-state index contributed by atoms with van der Waals surface area (Å²) in [6.45, 7) is 2.75. The third kappa shape index (κ3) is 2.10. The Morgan fingerprint density at radius 1 is 1.70 bits per heavy atom. The minimum Gasteiger partial charge on any atom is -0.378 e. The third-order valence-corrected chi connectivity index (χ3v) is 1.87. The molecule has 1 rings (SSSR count). The van der Waals surface area contributed by atoms with Gasteiger partial charge in [0.15, 0.2) is 0 Å². The molecule has 2 heteroatoms. The van der Waals surface area contributed by atoms with E-state index < -0.39 is 0 Å². The molecule has 0 aliphatic carbocycles. The fourth-order valence-corrected chi connectivity index (χ4v) is 1.20. The molecule has 1 saturated heterocycles. The number of Topliss-reactive ketones (excluding diaryl/α,β-unsaturated/α-hetero) is 1. The highest BCUT2D eigenvalue weighted by Gasteiger charge is 2.17. The van der Waals surface area contributed by atoms with E-state index in [1.807, 2.05) is 6.92 Å². The molecule has 0 aromatic heterocycles. The molecular weight excluding hydrogens is 128 g/mol. The van der Waals surface area contributed by atoms with E-state index in [1.165, 1.54) is 0 Å². The van der Waals surface area contributed by atoms with Crippen LogP contribution in [0.25, 0.3) is 0 Å². The van der Waals surface area contributed by atoms with E-state index >= 15 is 0 Å². The Hall–Kier alpha value is -0.370. The van der Waals surface area contributed by atoms with Gasteiger partial charge in [0.2, 0.25) is 0 Å². The average Bonchev–Trinajstić information content (AvgIpc) is 2.40. The van der Waals surface area contributed by atoms with Crippen molar-refractivity contribution in [3.05, 3.63) is 0 Å². The molecule has 0 aromatic carbocycles. The van der Waals surface area contributed by atoms with Crippen LogP contribution >= 0.6 is 0 Å². The molecule has 1 heterocycles. The summed E-state index contributed by atoms with van der Waals surface area (Å²) < 4.78 is 5.30. The van der Waals surface area contributed by atoms with Crippen LogP contribution in [0.2, 0.25) is 0 Å². The monoisotopic (exact) mass is 142 g/mol. The first-order valence-corrected chi connectivity index (χ1v) is 3.96. The standard InChI is InChI=1S/C8H14O2/c1-2-7(9)6-8-4-3-5-10-8/h8H,2-6H2,1H3. The van der Waals surface area contributed by atoms with Gasteiger partial charge in [-0.05, 0) is 12.8 Å². The summed E-state index contributed by atoms with van der Waals surface area (Å²) in [5, 5.41) is 0. The smallest absolute Gasteiger partial charge is 0.135 e. The quantitative estimate of drug-likeness (QED) is 0.597. The van der Waals surface area contributed by atoms with Gasteiger partial charge in [0.05, 0.1) is 6.10 Å². The van der Waals surface area contributed by atoms with Crippen LogP contribution in [-0.4, -0.2) is 18.5 Å². The maximum Gasteiger partial charge on any atom is 0.135 e. The average molecular weight is 142 g/mol. The Morgan fingerprint density at radius 3 is 3.00 bits per heavy atom. The summed E-state index contributed by atoms with van der Waals surface area (Å²) in [5.41, 5.74) is 0. The first-order valence-electron chi connectivity index (χ1n) is 3.96. The molecule has 0 bridgehead atoms. The first-order chi connectivity index (χ1) is 4.83. The number of ether oxygens (including phenoxy) is 1. The van der Waals surface area contributed by atoms with Crippen LogP contribution in [0, 0.1) is 0 Å². The largest absolute Gasteiger partial charge is 0.378 e. The van der Waals surface area contributed by atoms with E-state index in [0.717, 1.165) is 19.4 Å². The van der Waals surface area contributed by atoms with Gasteiger partial charge in [-0.2, -0.15) is 0 Å². The SMILES string of the molecule is CCC(=O)CC1CCCO1. The molecule has 0 saturated carbocycles. The van der Waals surface area contributed by atoms with Gasteiger partial charge in [-0.3, -0.25) is 4.79 Å². The van der Waals surface area contributed by atoms with Gasteiger partial charge in [-0.25, -0.2) is 0 Å². The van der Waals surface area contributed by atoms with Crippen LogP contribution in [0.4, 0.5) is 0 Å². The number of ketones is 1. The molecule has 0 spiro atoms. The zero-order chi connectivity index (χ0) is 7.40. The Morgan fingerprint density at radius 2 is 2.50 bits per heavy atom. The highest BCUT2D eigenvalue weighted by molar-refractivity contribution is 5.78. The second-order valence-electron chi connectivity index (χ2n) is 2.73. The number of carbonyl (C=O) groups excluding carboxylic acids is 1. The van der Waals surface area contributed by atoms with Crippen LogP contribution in [0.1, 0.15) is 32.6 Å². The van der Waals surface area contributed by atoms with Crippen LogP contribution in [-0.2, 0) is 9.53 Å². The lowest BCUT2D eigenvalue weighted by atomic mass is 10.1. The number of carbonyl (C=O) groups is 1. The minimum atomic E-state index is 0.243. The lowest BCUT2D eigenvalue weighted by molar-refractivity contribution is -0.120. The topological polar surface area (TPSA) is 26.3 Å². The van der Waals surface area contributed by atoms with Crippen LogP contribution < -0.4 is 0 Å². The van der Waals surface area contributed by atoms with E-state index in [0.29, 0.717) is 18.6 Å². The van der Waals surface area contributed by atoms with Crippen molar-refractivity contribution in [3.8, 4) is 0 Å². The molecule has 0 aromatic rings. The normalized spacial score (nSPS) is 25.1. The van der Waals surface area contributed by atoms with Crippen LogP contribution in [0.3, 0.4) is 0 Å². The van der Waals surface area contributed by atoms with E-state index in [2.05, 4.69) is 0 Å². The molecule has 1 aliphatic heterocycles. The highest BCUT2D eigenvalue weighted by atomic mass is 16.5. The van der Waals surface area contributed by atoms with Crippen molar-refractivity contribution < 1.29 is 9.53 Å². The van der Waals surface area contributed by atoms with Crippen molar-refractivity contribution >= 4 is 5.78 Å². The summed E-state index contributed by atoms with van der Waals surface area (Å²) in [6.07, 6.45) is 3.73. The number of hydrogen-bond acceptors (Lipinski definition) is 2. The fourth-order valence-electron chi connectivity index (χ4n) is 1.20. The molecule has 1 aliphatic rings. The van der Waals surface area contributed by atoms with E-state index in [4.69, 9.17) is 4.74 Å². The van der Waals surface area contributed by atoms with Gasteiger partial charge >= 0.3 is 0 Å². The van der Waals surface area contributed by atoms with Crippen molar-refractivity contribution in [2.45, 2.75) is 38.7 Å². The Labute approximate surface area is 61.6 Å². The van der Waals surface area contributed by atoms with Crippen LogP contribution in [0.5, 0.6) is 0 Å². The molecule has 1 atom stereocenters. The van der Waals surface area contributed by atoms with Gasteiger partial charge in [0.25, 0.3) is 0 Å². The van der Waals surface area contributed by atoms with Gasteiger partial charge < -0.3 is 4.74 Å². The molecule has 58 valence electrons. The first kappa shape index (κ1) is 7.73. The lowest BCUT2D eigenvalue weighted by Gasteiger charge is -2.05. The molecule has 2 nitrogen and oxygen atoms in total. The second-order valence-corrected chi connectivity index (χ2v) is 2.73. The van der Waals surface area contributed by atoms with Gasteiger partial charge in [-0.1, -0.05) is 6.92 Å². The predicted octanol–water partition coefficient (Wildman–Crippen LogP) is 1.53. The van der Waals surface area contributed by atoms with E-state index in [1.54, 1.807) is 0 Å². The summed E-state index contributed by atoms with van der Waals surface area (Å²) >= 11 is 0. The second kappa shape index (κ2) is 3.71. The van der Waals surface area contributed by atoms with Crippen molar-refractivity contribution in [2.24, 2.45) is 0 Å². The zero-order valence-electron chi connectivity index (χ0n) is 6.43. The zero-order valence-corrected chi connectivity index (χ0v) is 6.43. The highest BCUT2D eigenvalue weighted by Crippen LogP contribution is 2.15. The van der Waals surface area contributed by atoms with Gasteiger partial charge in [-0.15, -0.1) is 0 Å². The maximum absolute atomic E-state index is 10.9. The molecule has 0 amide bonds. The predicted molar refractivity (Wildman–Crippen MR) is 38.9 cm³/mol. The van der Waals surface area contributed by atoms with E-state index in [-0.39, 0.29) is 6.10 Å². The molecule has 10 heavy (non-hydrogen) atoms. The summed E-state index contributed by atoms with van der Waals surface area (Å²) in [4.78, 5) is 10.9. The van der Waals surface area contributed by atoms with Gasteiger partial charge in [0, 0.05) is 19.4 Å². The summed E-state index contributed by atoms with van der Waals surface area (Å²) in [5.74, 6) is 0.326. The Balaban J connectivity index is 2.17. The summed E-state index contributed by atoms with van der Waals surface area (Å²) in [7, 11) is 0. The number of rotatable bonds is 3. The molecule has 0 N–H and O–H groups in total. The molecule has 1 fully saturated rings. The summed E-state index contributed by atoms with van der Waals surface area (Å²) in [6, 6.07) is 0. The molecular formula is C8H14O2. The Bertz CT molecular complexity index is 114. The van der Waals surface area contributed by atoms with Crippen molar-refractivity contribution in [1.29, 1.82) is 0 Å². The van der Waals surface area contributed by atoms with Crippen LogP contribution in [0.15, 0.2) is 0 Å². The third-order valence-electron chi connectivity index (χ3n) is 1.87. The number of hydrogen-bond donors (Lipinski definition) is 0. The van der Waals surface area contributed by atoms with Crippen molar-refractivity contribution in [3.63, 3.8) is 0 Å². The molecule has 1 unspecified atom stereocenters. The molecule has 0 radical (unpaired) electrons. The fraction of sp³-hybridized carbons (Fsp3) is 0.875. The minimum absolute atomic E-state index is 0.243. The lowest BCUT2D eigenvalue weighted by Crippen LogP contribution is -2.11.